The van der Waals surface area contributed by atoms with Crippen molar-refractivity contribution in [3.05, 3.63) is 191 Å². The normalized spacial score (nSPS) is 13.7. The monoisotopic (exact) mass is 1060 g/mol. The van der Waals surface area contributed by atoms with E-state index in [0.717, 1.165) is 55.7 Å². The van der Waals surface area contributed by atoms with Gasteiger partial charge in [0.15, 0.2) is 0 Å². The molecule has 0 amide bonds. The Labute approximate surface area is 412 Å². The van der Waals surface area contributed by atoms with Crippen LogP contribution in [0.25, 0.3) is 83.8 Å². The van der Waals surface area contributed by atoms with E-state index < -0.39 is 6.85 Å². The van der Waals surface area contributed by atoms with Crippen LogP contribution in [-0.4, -0.2) is 19.5 Å². The molecule has 0 fully saturated rings. The fraction of sp³-hybridized carbons (Fsp3) is 0.230. The molecular formula is C61H56IrN4O-2. The molecule has 1 aliphatic rings. The molecule has 4 heterocycles. The standard InChI is InChI=1S/C45H38N3O.C16H18N.Ir/c1-26(2)33-23-29(28-15-8-7-9-16-28)24-34(27(3)4)41(33)48-39-22-13-12-21-38(39)46-43(48)32-19-14-18-30-35-25-37-40(47-44(35)49-42(30)32)31-17-10-11-20-36(31)45(37,5)6;1-12-5-7-13(8-6-12)15-11-14(9-10-17-15)16(2,3)4;/h7-18,20-27H,1-6H3;5-7,9-11H,1-4H3;/q2*-1;/i;1D3;. The van der Waals surface area contributed by atoms with Gasteiger partial charge in [-0.3, -0.25) is 4.98 Å². The fourth-order valence-corrected chi connectivity index (χ4v) is 9.56. The van der Waals surface area contributed by atoms with Crippen molar-refractivity contribution < 1.29 is 28.6 Å². The van der Waals surface area contributed by atoms with Gasteiger partial charge in [0.05, 0.1) is 28.1 Å². The zero-order valence-electron chi connectivity index (χ0n) is 42.5. The molecule has 67 heavy (non-hydrogen) atoms. The maximum absolute atomic E-state index is 7.36. The number of fused-ring (bicyclic) bond motifs is 7. The first kappa shape index (κ1) is 41.9. The van der Waals surface area contributed by atoms with Gasteiger partial charge in [0.25, 0.3) is 0 Å². The molecule has 0 bridgehead atoms. The van der Waals surface area contributed by atoms with Gasteiger partial charge >= 0.3 is 0 Å². The number of benzene rings is 6. The van der Waals surface area contributed by atoms with Gasteiger partial charge in [0, 0.05) is 52.5 Å². The van der Waals surface area contributed by atoms with Crippen molar-refractivity contribution in [2.75, 3.05) is 0 Å². The Morgan fingerprint density at radius 2 is 1.43 bits per heavy atom. The van der Waals surface area contributed by atoms with Crippen molar-refractivity contribution in [1.82, 2.24) is 19.5 Å². The largest absolute Gasteiger partial charge is 0.486 e. The van der Waals surface area contributed by atoms with Gasteiger partial charge in [0.2, 0.25) is 5.71 Å². The number of imidazole rings is 1. The Morgan fingerprint density at radius 1 is 0.716 bits per heavy atom. The summed E-state index contributed by atoms with van der Waals surface area (Å²) in [5, 5.41) is 2.04. The topological polar surface area (TPSA) is 56.7 Å². The van der Waals surface area contributed by atoms with E-state index >= 15 is 0 Å². The molecule has 4 aromatic heterocycles. The molecule has 0 saturated heterocycles. The van der Waals surface area contributed by atoms with Gasteiger partial charge in [-0.25, -0.2) is 4.98 Å². The van der Waals surface area contributed by atoms with Crippen LogP contribution in [0, 0.1) is 19.0 Å². The third kappa shape index (κ3) is 8.15. The van der Waals surface area contributed by atoms with Crippen LogP contribution in [0.4, 0.5) is 0 Å². The molecule has 6 aromatic carbocycles. The number of pyridine rings is 2. The summed E-state index contributed by atoms with van der Waals surface area (Å²) in [4.78, 5) is 14.9. The van der Waals surface area contributed by atoms with Crippen LogP contribution in [0.2, 0.25) is 0 Å². The third-order valence-electron chi connectivity index (χ3n) is 13.2. The fourth-order valence-electron chi connectivity index (χ4n) is 9.56. The maximum Gasteiger partial charge on any atom is 0.216 e. The summed E-state index contributed by atoms with van der Waals surface area (Å²) in [7, 11) is 0. The molecule has 1 aliphatic carbocycles. The summed E-state index contributed by atoms with van der Waals surface area (Å²) >= 11 is 0. The number of hydrogen-bond donors (Lipinski definition) is 0. The van der Waals surface area contributed by atoms with Gasteiger partial charge in [-0.05, 0) is 98.3 Å². The molecule has 10 aromatic rings. The molecule has 0 saturated carbocycles. The molecule has 0 N–H and O–H groups in total. The molecule has 1 radical (unpaired) electrons. The van der Waals surface area contributed by atoms with Gasteiger partial charge < -0.3 is 14.0 Å². The first-order valence-electron chi connectivity index (χ1n) is 24.5. The van der Waals surface area contributed by atoms with Crippen molar-refractivity contribution >= 4 is 33.1 Å². The zero-order valence-corrected chi connectivity index (χ0v) is 41.9. The summed E-state index contributed by atoms with van der Waals surface area (Å²) < 4.78 is 31.2. The second-order valence-electron chi connectivity index (χ2n) is 19.7. The van der Waals surface area contributed by atoms with E-state index in [0.29, 0.717) is 11.3 Å². The summed E-state index contributed by atoms with van der Waals surface area (Å²) in [6.45, 7) is 18.1. The molecule has 11 rings (SSSR count). The second kappa shape index (κ2) is 17.6. The SMILES string of the molecule is CC(C)c1cc(-c2ccccc2)cc(C(C)C)c1-n1c(-c2[c-]ccc3c2oc2nc4c(cc23)C(C)(C)c2ccccc2-4)nc2ccccc21.[2H]C([2H])([2H])c1c[c-]c(-c2cc(C(C)(C)C)ccn2)cc1.[Ir]. The summed E-state index contributed by atoms with van der Waals surface area (Å²) in [5.41, 5.74) is 18.2. The molecule has 6 heteroatoms. The summed E-state index contributed by atoms with van der Waals surface area (Å²) in [5.74, 6) is 1.36. The number of para-hydroxylation sites is 2. The Balaban J connectivity index is 0.000000244. The molecule has 5 nitrogen and oxygen atoms in total. The zero-order chi connectivity index (χ0) is 48.6. The van der Waals surface area contributed by atoms with Crippen molar-refractivity contribution in [3.63, 3.8) is 0 Å². The Kier molecular flexibility index (Phi) is 11.0. The number of rotatable bonds is 6. The minimum absolute atomic E-state index is 0. The van der Waals surface area contributed by atoms with E-state index in [1.165, 1.54) is 56.3 Å². The summed E-state index contributed by atoms with van der Waals surface area (Å²) in [6.07, 6.45) is 1.78. The predicted octanol–water partition coefficient (Wildman–Crippen LogP) is 16.2. The van der Waals surface area contributed by atoms with Crippen molar-refractivity contribution in [2.45, 2.75) is 91.8 Å². The molecular weight excluding hydrogens is 997 g/mol. The van der Waals surface area contributed by atoms with Gasteiger partial charge in [-0.2, -0.15) is 0 Å². The minimum Gasteiger partial charge on any atom is -0.486 e. The van der Waals surface area contributed by atoms with E-state index in [-0.39, 0.29) is 42.8 Å². The minimum atomic E-state index is -2.09. The van der Waals surface area contributed by atoms with Crippen LogP contribution in [0.15, 0.2) is 150 Å². The predicted molar refractivity (Wildman–Crippen MR) is 274 cm³/mol. The van der Waals surface area contributed by atoms with E-state index in [4.69, 9.17) is 18.5 Å². The van der Waals surface area contributed by atoms with Gasteiger partial charge in [-0.1, -0.05) is 153 Å². The third-order valence-corrected chi connectivity index (χ3v) is 13.2. The van der Waals surface area contributed by atoms with Crippen molar-refractivity contribution in [3.8, 4) is 50.7 Å². The van der Waals surface area contributed by atoms with E-state index in [9.17, 15) is 0 Å². The molecule has 0 unspecified atom stereocenters. The Bertz CT molecular complexity index is 3530. The number of aryl methyl sites for hydroxylation is 1. The Morgan fingerprint density at radius 3 is 2.13 bits per heavy atom. The van der Waals surface area contributed by atoms with Gasteiger partial charge in [0.1, 0.15) is 0 Å². The van der Waals surface area contributed by atoms with Crippen LogP contribution >= 0.6 is 0 Å². The quantitative estimate of drug-likeness (QED) is 0.156. The maximum atomic E-state index is 7.36. The number of furan rings is 1. The smallest absolute Gasteiger partial charge is 0.216 e. The average Bonchev–Trinajstić information content (AvgIpc) is 3.98. The molecule has 0 atom stereocenters. The van der Waals surface area contributed by atoms with Crippen LogP contribution in [-0.2, 0) is 30.9 Å². The first-order chi connectivity index (χ1) is 32.9. The van der Waals surface area contributed by atoms with E-state index in [2.05, 4.69) is 187 Å². The summed E-state index contributed by atoms with van der Waals surface area (Å²) in [6, 6.07) is 54.4. The van der Waals surface area contributed by atoms with Crippen LogP contribution in [0.1, 0.15) is 112 Å². The van der Waals surface area contributed by atoms with Crippen LogP contribution < -0.4 is 0 Å². The molecule has 0 spiro atoms. The number of nitrogens with zero attached hydrogens (tertiary/aromatic N) is 4. The van der Waals surface area contributed by atoms with Crippen LogP contribution in [0.5, 0.6) is 0 Å². The Hall–Kier alpha value is -6.46. The van der Waals surface area contributed by atoms with E-state index in [1.54, 1.807) is 18.3 Å². The van der Waals surface area contributed by atoms with Crippen molar-refractivity contribution in [2.24, 2.45) is 0 Å². The number of aromatic nitrogens is 4. The molecule has 337 valence electrons. The van der Waals surface area contributed by atoms with Crippen LogP contribution in [0.3, 0.4) is 0 Å². The van der Waals surface area contributed by atoms with Gasteiger partial charge in [-0.15, -0.1) is 53.6 Å². The molecule has 0 aliphatic heterocycles. The van der Waals surface area contributed by atoms with Crippen molar-refractivity contribution in [1.29, 1.82) is 0 Å². The number of hydrogen-bond acceptors (Lipinski definition) is 4. The average molecular weight is 1060 g/mol. The second-order valence-corrected chi connectivity index (χ2v) is 19.7. The van der Waals surface area contributed by atoms with E-state index in [1.807, 2.05) is 18.2 Å². The first-order valence-corrected chi connectivity index (χ1v) is 23.0.